The van der Waals surface area contributed by atoms with Crippen molar-refractivity contribution in [2.75, 3.05) is 32.6 Å². The topological polar surface area (TPSA) is 48.0 Å². The Kier molecular flexibility index (Phi) is 6.28. The number of benzene rings is 2. The Morgan fingerprint density at radius 3 is 2.27 bits per heavy atom. The van der Waals surface area contributed by atoms with Crippen LogP contribution in [0.5, 0.6) is 17.2 Å². The van der Waals surface area contributed by atoms with Gasteiger partial charge in [-0.1, -0.05) is 12.1 Å². The van der Waals surface area contributed by atoms with Crippen LogP contribution < -0.4 is 14.2 Å². The summed E-state index contributed by atoms with van der Waals surface area (Å²) in [5.41, 5.74) is 1.11. The van der Waals surface area contributed by atoms with Crippen LogP contribution in [0, 0.1) is 0 Å². The monoisotopic (exact) mass is 373 g/mol. The van der Waals surface area contributed by atoms with E-state index >= 15 is 0 Å². The number of methoxy groups -OCH3 is 1. The van der Waals surface area contributed by atoms with E-state index in [0.717, 1.165) is 22.8 Å². The van der Waals surface area contributed by atoms with Gasteiger partial charge < -0.3 is 19.1 Å². The van der Waals surface area contributed by atoms with E-state index in [4.69, 9.17) is 14.2 Å². The van der Waals surface area contributed by atoms with Crippen molar-refractivity contribution in [2.45, 2.75) is 12.3 Å². The first-order chi connectivity index (χ1) is 12.7. The highest BCUT2D eigenvalue weighted by atomic mass is 32.2. The molecule has 1 saturated heterocycles. The molecule has 2 aromatic rings. The smallest absolute Gasteiger partial charge is 0.233 e. The molecule has 0 radical (unpaired) electrons. The molecule has 0 spiro atoms. The average molecular weight is 373 g/mol. The van der Waals surface area contributed by atoms with Crippen LogP contribution in [0.25, 0.3) is 0 Å². The molecule has 6 heteroatoms. The van der Waals surface area contributed by atoms with Gasteiger partial charge in [-0.2, -0.15) is 0 Å². The molecule has 0 saturated carbocycles. The van der Waals surface area contributed by atoms with Crippen molar-refractivity contribution in [1.29, 1.82) is 0 Å². The van der Waals surface area contributed by atoms with Crippen LogP contribution in [0.2, 0.25) is 0 Å². The van der Waals surface area contributed by atoms with Gasteiger partial charge in [0.05, 0.1) is 26.0 Å². The van der Waals surface area contributed by atoms with Crippen LogP contribution in [-0.4, -0.2) is 43.4 Å². The quantitative estimate of drug-likeness (QED) is 0.705. The Morgan fingerprint density at radius 1 is 1.00 bits per heavy atom. The second kappa shape index (κ2) is 8.85. The lowest BCUT2D eigenvalue weighted by molar-refractivity contribution is -0.128. The molecule has 1 aliphatic rings. The van der Waals surface area contributed by atoms with Crippen LogP contribution >= 0.6 is 11.8 Å². The molecule has 1 unspecified atom stereocenters. The highest BCUT2D eigenvalue weighted by Gasteiger charge is 2.32. The predicted octanol–water partition coefficient (Wildman–Crippen LogP) is 3.75. The van der Waals surface area contributed by atoms with E-state index in [-0.39, 0.29) is 11.3 Å². The minimum absolute atomic E-state index is 0.0256. The molecule has 1 atom stereocenters. The van der Waals surface area contributed by atoms with Crippen molar-refractivity contribution >= 4 is 17.7 Å². The van der Waals surface area contributed by atoms with Crippen molar-refractivity contribution in [1.82, 2.24) is 4.90 Å². The zero-order chi connectivity index (χ0) is 18.4. The number of hydrogen-bond donors (Lipinski definition) is 0. The number of ether oxygens (including phenoxy) is 3. The third-order valence-electron chi connectivity index (χ3n) is 4.10. The second-order valence-electron chi connectivity index (χ2n) is 5.78. The van der Waals surface area contributed by atoms with Gasteiger partial charge >= 0.3 is 0 Å². The molecule has 26 heavy (non-hydrogen) atoms. The Hall–Kier alpha value is -2.34. The Labute approximate surface area is 158 Å². The number of carbonyl (C=O) groups is 1. The average Bonchev–Trinajstić information content (AvgIpc) is 3.04. The van der Waals surface area contributed by atoms with Crippen molar-refractivity contribution in [3.8, 4) is 17.2 Å². The van der Waals surface area contributed by atoms with Gasteiger partial charge in [-0.15, -0.1) is 11.8 Å². The molecule has 1 heterocycles. The summed E-state index contributed by atoms with van der Waals surface area (Å²) >= 11 is 1.65. The fourth-order valence-corrected chi connectivity index (χ4v) is 4.02. The summed E-state index contributed by atoms with van der Waals surface area (Å²) < 4.78 is 16.4. The van der Waals surface area contributed by atoms with E-state index in [1.807, 2.05) is 60.4 Å². The molecular weight excluding hydrogens is 350 g/mol. The van der Waals surface area contributed by atoms with E-state index < -0.39 is 0 Å². The number of rotatable bonds is 8. The van der Waals surface area contributed by atoms with Crippen molar-refractivity contribution in [2.24, 2.45) is 0 Å². The van der Waals surface area contributed by atoms with Gasteiger partial charge in [0.2, 0.25) is 5.91 Å². The van der Waals surface area contributed by atoms with E-state index in [2.05, 4.69) is 0 Å². The molecule has 1 amide bonds. The molecule has 0 aromatic heterocycles. The SMILES string of the molecule is CCOc1ccc(C2SCC(=O)N2CCOc2ccc(OC)cc2)cc1. The van der Waals surface area contributed by atoms with Gasteiger partial charge in [0.25, 0.3) is 0 Å². The summed E-state index contributed by atoms with van der Waals surface area (Å²) in [6, 6.07) is 15.4. The molecule has 1 aliphatic heterocycles. The zero-order valence-electron chi connectivity index (χ0n) is 15.0. The first-order valence-corrected chi connectivity index (χ1v) is 9.67. The molecule has 2 aromatic carbocycles. The zero-order valence-corrected chi connectivity index (χ0v) is 15.8. The van der Waals surface area contributed by atoms with Gasteiger partial charge in [0.1, 0.15) is 29.2 Å². The Balaban J connectivity index is 1.58. The highest BCUT2D eigenvalue weighted by molar-refractivity contribution is 8.00. The normalized spacial score (nSPS) is 16.6. The fraction of sp³-hybridized carbons (Fsp3) is 0.350. The molecule has 0 aliphatic carbocycles. The largest absolute Gasteiger partial charge is 0.497 e. The third kappa shape index (κ3) is 4.43. The summed E-state index contributed by atoms with van der Waals surface area (Å²) in [7, 11) is 1.63. The minimum Gasteiger partial charge on any atom is -0.497 e. The molecule has 138 valence electrons. The van der Waals surface area contributed by atoms with Gasteiger partial charge in [-0.25, -0.2) is 0 Å². The summed E-state index contributed by atoms with van der Waals surface area (Å²) in [6.07, 6.45) is 0. The summed E-state index contributed by atoms with van der Waals surface area (Å²) in [5, 5.41) is 0.0256. The highest BCUT2D eigenvalue weighted by Crippen LogP contribution is 2.38. The summed E-state index contributed by atoms with van der Waals surface area (Å²) in [4.78, 5) is 14.1. The van der Waals surface area contributed by atoms with E-state index in [0.29, 0.717) is 25.5 Å². The van der Waals surface area contributed by atoms with E-state index in [1.165, 1.54) is 0 Å². The van der Waals surface area contributed by atoms with Crippen LogP contribution in [0.4, 0.5) is 0 Å². The van der Waals surface area contributed by atoms with Crippen LogP contribution in [0.1, 0.15) is 17.9 Å². The number of nitrogens with zero attached hydrogens (tertiary/aromatic N) is 1. The molecule has 5 nitrogen and oxygen atoms in total. The van der Waals surface area contributed by atoms with Crippen LogP contribution in [-0.2, 0) is 4.79 Å². The summed E-state index contributed by atoms with van der Waals surface area (Å²) in [5.74, 6) is 3.05. The Morgan fingerprint density at radius 2 is 1.62 bits per heavy atom. The lowest BCUT2D eigenvalue weighted by Gasteiger charge is -2.24. The van der Waals surface area contributed by atoms with Gasteiger partial charge in [-0.05, 0) is 48.9 Å². The maximum atomic E-state index is 12.3. The second-order valence-corrected chi connectivity index (χ2v) is 6.85. The molecular formula is C20H23NO4S. The van der Waals surface area contributed by atoms with Gasteiger partial charge in [-0.3, -0.25) is 4.79 Å². The third-order valence-corrected chi connectivity index (χ3v) is 5.36. The first-order valence-electron chi connectivity index (χ1n) is 8.62. The maximum Gasteiger partial charge on any atom is 0.233 e. The van der Waals surface area contributed by atoms with Crippen molar-refractivity contribution in [3.05, 3.63) is 54.1 Å². The van der Waals surface area contributed by atoms with Crippen LogP contribution in [0.3, 0.4) is 0 Å². The number of carbonyl (C=O) groups excluding carboxylic acids is 1. The lowest BCUT2D eigenvalue weighted by atomic mass is 10.2. The Bertz CT molecular complexity index is 718. The van der Waals surface area contributed by atoms with Crippen LogP contribution in [0.15, 0.2) is 48.5 Å². The van der Waals surface area contributed by atoms with E-state index in [9.17, 15) is 4.79 Å². The van der Waals surface area contributed by atoms with E-state index in [1.54, 1.807) is 18.9 Å². The van der Waals surface area contributed by atoms with Gasteiger partial charge in [0.15, 0.2) is 0 Å². The number of hydrogen-bond acceptors (Lipinski definition) is 5. The predicted molar refractivity (Wildman–Crippen MR) is 103 cm³/mol. The summed E-state index contributed by atoms with van der Waals surface area (Å²) in [6.45, 7) is 3.61. The molecule has 3 rings (SSSR count). The molecule has 1 fully saturated rings. The van der Waals surface area contributed by atoms with Crippen molar-refractivity contribution < 1.29 is 19.0 Å². The maximum absolute atomic E-state index is 12.3. The minimum atomic E-state index is 0.0256. The lowest BCUT2D eigenvalue weighted by Crippen LogP contribution is -2.32. The number of thioether (sulfide) groups is 1. The van der Waals surface area contributed by atoms with Gasteiger partial charge in [0, 0.05) is 0 Å². The van der Waals surface area contributed by atoms with Crippen molar-refractivity contribution in [3.63, 3.8) is 0 Å². The molecule has 0 N–H and O–H groups in total. The molecule has 0 bridgehead atoms. The number of amides is 1. The standard InChI is InChI=1S/C20H23NO4S/c1-3-24-17-6-4-15(5-7-17)20-21(19(22)14-26-20)12-13-25-18-10-8-16(23-2)9-11-18/h4-11,20H,3,12-14H2,1-2H3. The fourth-order valence-electron chi connectivity index (χ4n) is 2.80. The first kappa shape index (κ1) is 18.5.